The fourth-order valence-corrected chi connectivity index (χ4v) is 2.91. The van der Waals surface area contributed by atoms with Gasteiger partial charge < -0.3 is 10.4 Å². The number of nitriles is 1. The molecule has 0 saturated heterocycles. The first-order valence-corrected chi connectivity index (χ1v) is 7.89. The topological polar surface area (TPSA) is 103 Å². The van der Waals surface area contributed by atoms with E-state index in [4.69, 9.17) is 5.11 Å². The number of nitrogens with one attached hydrogen (secondary N) is 1. The maximum Gasteiger partial charge on any atom is 0.303 e. The Bertz CT molecular complexity index is 796. The molecule has 2 N–H and O–H groups in total. The van der Waals surface area contributed by atoms with Crippen molar-refractivity contribution in [3.8, 4) is 17.3 Å². The molecular formula is C16H14FN3O3S. The van der Waals surface area contributed by atoms with Crippen molar-refractivity contribution >= 4 is 28.3 Å². The zero-order valence-electron chi connectivity index (χ0n) is 12.7. The van der Waals surface area contributed by atoms with E-state index in [1.54, 1.807) is 6.92 Å². The molecule has 0 spiro atoms. The molecule has 124 valence electrons. The summed E-state index contributed by atoms with van der Waals surface area (Å²) < 4.78 is 13.0. The van der Waals surface area contributed by atoms with Crippen LogP contribution in [0.25, 0.3) is 11.3 Å². The van der Waals surface area contributed by atoms with E-state index < -0.39 is 11.8 Å². The summed E-state index contributed by atoms with van der Waals surface area (Å²) in [5.41, 5.74) is 0.945. The largest absolute Gasteiger partial charge is 0.481 e. The number of carboxylic acid groups (broad SMARTS) is 1. The average Bonchev–Trinajstić information content (AvgIpc) is 2.89. The van der Waals surface area contributed by atoms with Gasteiger partial charge in [-0.15, -0.1) is 0 Å². The van der Waals surface area contributed by atoms with Crippen LogP contribution in [0.3, 0.4) is 0 Å². The summed E-state index contributed by atoms with van der Waals surface area (Å²) in [6, 6.07) is 7.54. The number of hydrogen-bond acceptors (Lipinski definition) is 5. The second-order valence-electron chi connectivity index (χ2n) is 5.27. The molecule has 0 bridgehead atoms. The van der Waals surface area contributed by atoms with Crippen LogP contribution < -0.4 is 5.32 Å². The molecule has 0 saturated carbocycles. The van der Waals surface area contributed by atoms with Gasteiger partial charge in [0, 0.05) is 18.4 Å². The van der Waals surface area contributed by atoms with Gasteiger partial charge in [0.15, 0.2) is 5.13 Å². The molecule has 0 aliphatic rings. The van der Waals surface area contributed by atoms with Crippen molar-refractivity contribution in [2.24, 2.45) is 5.92 Å². The minimum atomic E-state index is -0.963. The highest BCUT2D eigenvalue weighted by Gasteiger charge is 2.17. The number of aliphatic carboxylic acids is 1. The molecule has 1 aromatic heterocycles. The summed E-state index contributed by atoms with van der Waals surface area (Å²) in [6.45, 7) is 1.67. The van der Waals surface area contributed by atoms with Crippen LogP contribution in [0, 0.1) is 23.1 Å². The standard InChI is InChI=1S/C16H14FN3O3S/c1-9(7-14(22)23)6-13(21)19-16-20-15(12(8-18)24-16)10-2-4-11(17)5-3-10/h2-5,9H,6-7H2,1H3,(H,22,23)(H,19,20,21). The Morgan fingerprint density at radius 1 is 1.38 bits per heavy atom. The van der Waals surface area contributed by atoms with Gasteiger partial charge in [-0.05, 0) is 30.2 Å². The molecule has 0 fully saturated rings. The summed E-state index contributed by atoms with van der Waals surface area (Å²) in [5, 5.41) is 20.7. The van der Waals surface area contributed by atoms with E-state index in [2.05, 4.69) is 10.3 Å². The number of hydrogen-bond donors (Lipinski definition) is 2. The third kappa shape index (κ3) is 4.60. The van der Waals surface area contributed by atoms with E-state index in [9.17, 15) is 19.2 Å². The molecule has 1 heterocycles. The lowest BCUT2D eigenvalue weighted by Crippen LogP contribution is -2.16. The Labute approximate surface area is 141 Å². The van der Waals surface area contributed by atoms with Crippen molar-refractivity contribution in [2.45, 2.75) is 19.8 Å². The Morgan fingerprint density at radius 3 is 2.62 bits per heavy atom. The quantitative estimate of drug-likeness (QED) is 0.835. The highest BCUT2D eigenvalue weighted by Crippen LogP contribution is 2.30. The Balaban J connectivity index is 2.12. The Kier molecular flexibility index (Phi) is 5.60. The summed E-state index contributed by atoms with van der Waals surface area (Å²) in [5.74, 6) is -2.04. The minimum absolute atomic E-state index is 0.0413. The monoisotopic (exact) mass is 347 g/mol. The highest BCUT2D eigenvalue weighted by atomic mass is 32.1. The minimum Gasteiger partial charge on any atom is -0.481 e. The fourth-order valence-electron chi connectivity index (χ4n) is 2.11. The van der Waals surface area contributed by atoms with Crippen molar-refractivity contribution < 1.29 is 19.1 Å². The number of carbonyl (C=O) groups is 2. The van der Waals surface area contributed by atoms with Crippen LogP contribution >= 0.6 is 11.3 Å². The Morgan fingerprint density at radius 2 is 2.04 bits per heavy atom. The van der Waals surface area contributed by atoms with Crippen LogP contribution in [0.4, 0.5) is 9.52 Å². The van der Waals surface area contributed by atoms with Crippen LogP contribution in [-0.2, 0) is 9.59 Å². The van der Waals surface area contributed by atoms with Gasteiger partial charge in [0.2, 0.25) is 5.91 Å². The number of anilines is 1. The van der Waals surface area contributed by atoms with Crippen molar-refractivity contribution in [2.75, 3.05) is 5.32 Å². The smallest absolute Gasteiger partial charge is 0.303 e. The lowest BCUT2D eigenvalue weighted by atomic mass is 10.0. The van der Waals surface area contributed by atoms with Crippen molar-refractivity contribution in [1.82, 2.24) is 4.98 Å². The van der Waals surface area contributed by atoms with Crippen LogP contribution in [0.2, 0.25) is 0 Å². The molecule has 8 heteroatoms. The zero-order chi connectivity index (χ0) is 17.7. The van der Waals surface area contributed by atoms with Crippen molar-refractivity contribution in [1.29, 1.82) is 5.26 Å². The number of benzene rings is 1. The first-order valence-electron chi connectivity index (χ1n) is 7.07. The number of carboxylic acids is 1. The average molecular weight is 347 g/mol. The first kappa shape index (κ1) is 17.6. The lowest BCUT2D eigenvalue weighted by molar-refractivity contribution is -0.138. The molecule has 0 aliphatic heterocycles. The number of amides is 1. The number of carbonyl (C=O) groups excluding carboxylic acids is 1. The normalized spacial score (nSPS) is 11.5. The van der Waals surface area contributed by atoms with Gasteiger partial charge in [-0.2, -0.15) is 5.26 Å². The second-order valence-corrected chi connectivity index (χ2v) is 6.27. The van der Waals surface area contributed by atoms with Gasteiger partial charge in [-0.1, -0.05) is 18.3 Å². The van der Waals surface area contributed by atoms with Crippen LogP contribution in [0.1, 0.15) is 24.6 Å². The number of thiazole rings is 1. The Hall–Kier alpha value is -2.79. The molecule has 6 nitrogen and oxygen atoms in total. The third-order valence-corrected chi connectivity index (χ3v) is 4.03. The molecule has 1 amide bonds. The predicted octanol–water partition coefficient (Wildman–Crippen LogP) is 3.26. The molecule has 2 rings (SSSR count). The van der Waals surface area contributed by atoms with Crippen LogP contribution in [0.15, 0.2) is 24.3 Å². The fraction of sp³-hybridized carbons (Fsp3) is 0.250. The third-order valence-electron chi connectivity index (χ3n) is 3.15. The molecule has 1 atom stereocenters. The van der Waals surface area contributed by atoms with Gasteiger partial charge in [0.25, 0.3) is 0 Å². The van der Waals surface area contributed by atoms with Crippen molar-refractivity contribution in [3.05, 3.63) is 35.0 Å². The number of rotatable bonds is 6. The van der Waals surface area contributed by atoms with Gasteiger partial charge in [-0.25, -0.2) is 9.37 Å². The molecule has 1 unspecified atom stereocenters. The molecule has 0 aliphatic carbocycles. The summed E-state index contributed by atoms with van der Waals surface area (Å²) in [4.78, 5) is 27.1. The van der Waals surface area contributed by atoms with Gasteiger partial charge in [0.1, 0.15) is 22.5 Å². The lowest BCUT2D eigenvalue weighted by Gasteiger charge is -2.07. The summed E-state index contributed by atoms with van der Waals surface area (Å²) >= 11 is 1.01. The molecule has 1 aromatic carbocycles. The van der Waals surface area contributed by atoms with E-state index in [1.165, 1.54) is 24.3 Å². The van der Waals surface area contributed by atoms with E-state index in [0.717, 1.165) is 11.3 Å². The van der Waals surface area contributed by atoms with E-state index in [0.29, 0.717) is 16.1 Å². The SMILES string of the molecule is CC(CC(=O)O)CC(=O)Nc1nc(-c2ccc(F)cc2)c(C#N)s1. The molecule has 24 heavy (non-hydrogen) atoms. The first-order chi connectivity index (χ1) is 11.4. The highest BCUT2D eigenvalue weighted by molar-refractivity contribution is 7.16. The van der Waals surface area contributed by atoms with Gasteiger partial charge in [-0.3, -0.25) is 9.59 Å². The van der Waals surface area contributed by atoms with Crippen LogP contribution in [0.5, 0.6) is 0 Å². The van der Waals surface area contributed by atoms with E-state index in [-0.39, 0.29) is 29.8 Å². The summed E-state index contributed by atoms with van der Waals surface area (Å²) in [6.07, 6.45) is -0.0603. The molecule has 0 radical (unpaired) electrons. The maximum absolute atomic E-state index is 13.0. The summed E-state index contributed by atoms with van der Waals surface area (Å²) in [7, 11) is 0. The zero-order valence-corrected chi connectivity index (χ0v) is 13.6. The van der Waals surface area contributed by atoms with Crippen molar-refractivity contribution in [3.63, 3.8) is 0 Å². The van der Waals surface area contributed by atoms with Gasteiger partial charge in [0.05, 0.1) is 0 Å². The number of halogens is 1. The number of nitrogens with zero attached hydrogens (tertiary/aromatic N) is 2. The maximum atomic E-state index is 13.0. The van der Waals surface area contributed by atoms with E-state index in [1.807, 2.05) is 6.07 Å². The second kappa shape index (κ2) is 7.66. The number of aromatic nitrogens is 1. The molecule has 2 aromatic rings. The van der Waals surface area contributed by atoms with E-state index >= 15 is 0 Å². The van der Waals surface area contributed by atoms with Crippen LogP contribution in [-0.4, -0.2) is 22.0 Å². The predicted molar refractivity (Wildman–Crippen MR) is 86.9 cm³/mol. The van der Waals surface area contributed by atoms with Gasteiger partial charge >= 0.3 is 5.97 Å². The molecular weight excluding hydrogens is 333 g/mol.